The molecule has 0 bridgehead atoms. The molecule has 1 atom stereocenters. The van der Waals surface area contributed by atoms with Gasteiger partial charge in [-0.15, -0.1) is 0 Å². The van der Waals surface area contributed by atoms with Crippen LogP contribution in [0.4, 0.5) is 17.1 Å². The highest BCUT2D eigenvalue weighted by Crippen LogP contribution is 2.31. The van der Waals surface area contributed by atoms with E-state index in [4.69, 9.17) is 4.74 Å². The van der Waals surface area contributed by atoms with Crippen molar-refractivity contribution in [3.05, 3.63) is 82.3 Å². The molecule has 1 fully saturated rings. The molecule has 0 radical (unpaired) electrons. The van der Waals surface area contributed by atoms with Crippen LogP contribution in [0, 0.1) is 0 Å². The Morgan fingerprint density at radius 3 is 2.30 bits per heavy atom. The Morgan fingerprint density at radius 1 is 0.919 bits per heavy atom. The van der Waals surface area contributed by atoms with Crippen molar-refractivity contribution in [1.82, 2.24) is 5.32 Å². The van der Waals surface area contributed by atoms with Gasteiger partial charge in [-0.05, 0) is 61.9 Å². The van der Waals surface area contributed by atoms with Crippen LogP contribution in [0.3, 0.4) is 0 Å². The van der Waals surface area contributed by atoms with Gasteiger partial charge < -0.3 is 25.2 Å². The number of para-hydroxylation sites is 2. The van der Waals surface area contributed by atoms with Crippen molar-refractivity contribution >= 4 is 44.8 Å². The molecule has 2 N–H and O–H groups in total. The molecule has 8 heteroatoms. The third-order valence-electron chi connectivity index (χ3n) is 6.62. The Hall–Kier alpha value is -3.52. The Morgan fingerprint density at radius 2 is 1.62 bits per heavy atom. The second-order valence-electron chi connectivity index (χ2n) is 9.13. The van der Waals surface area contributed by atoms with E-state index >= 15 is 0 Å². The highest BCUT2D eigenvalue weighted by Gasteiger charge is 2.24. The van der Waals surface area contributed by atoms with E-state index in [1.54, 1.807) is 25.3 Å². The van der Waals surface area contributed by atoms with Gasteiger partial charge in [0.2, 0.25) is 0 Å². The monoisotopic (exact) mass is 564 g/mol. The molecule has 3 aromatic carbocycles. The number of hydrogen-bond donors (Lipinski definition) is 2. The molecule has 0 aliphatic carbocycles. The van der Waals surface area contributed by atoms with Gasteiger partial charge >= 0.3 is 0 Å². The van der Waals surface area contributed by atoms with Crippen molar-refractivity contribution in [2.24, 2.45) is 0 Å². The molecular weight excluding hydrogens is 532 g/mol. The predicted octanol–water partition coefficient (Wildman–Crippen LogP) is 5.56. The smallest absolute Gasteiger partial charge is 0.255 e. The topological polar surface area (TPSA) is 73.9 Å². The van der Waals surface area contributed by atoms with Crippen LogP contribution in [0.2, 0.25) is 0 Å². The first-order chi connectivity index (χ1) is 17.9. The molecule has 0 spiro atoms. The van der Waals surface area contributed by atoms with Crippen molar-refractivity contribution in [3.8, 4) is 5.75 Å². The average molecular weight is 566 g/mol. The Balaban J connectivity index is 1.56. The highest BCUT2D eigenvalue weighted by atomic mass is 79.9. The lowest BCUT2D eigenvalue weighted by Crippen LogP contribution is -2.47. The largest absolute Gasteiger partial charge is 0.495 e. The number of piperazine rings is 1. The zero-order valence-electron chi connectivity index (χ0n) is 21.5. The molecular formula is C29H33BrN4O3. The van der Waals surface area contributed by atoms with Crippen molar-refractivity contribution in [3.63, 3.8) is 0 Å². The summed E-state index contributed by atoms with van der Waals surface area (Å²) in [6, 6.07) is 20.8. The van der Waals surface area contributed by atoms with Crippen LogP contribution in [-0.4, -0.2) is 51.1 Å². The van der Waals surface area contributed by atoms with E-state index in [0.717, 1.165) is 54.2 Å². The molecule has 1 aliphatic heterocycles. The number of methoxy groups -OCH3 is 1. The summed E-state index contributed by atoms with van der Waals surface area (Å²) in [4.78, 5) is 30.7. The summed E-state index contributed by atoms with van der Waals surface area (Å²) in [7, 11) is 1.69. The van der Waals surface area contributed by atoms with Crippen molar-refractivity contribution in [2.75, 3.05) is 48.4 Å². The van der Waals surface area contributed by atoms with Gasteiger partial charge in [-0.1, -0.05) is 41.1 Å². The quantitative estimate of drug-likeness (QED) is 0.374. The second kappa shape index (κ2) is 12.1. The first-order valence-corrected chi connectivity index (χ1v) is 13.3. The number of rotatable bonds is 8. The highest BCUT2D eigenvalue weighted by molar-refractivity contribution is 9.10. The molecule has 1 aliphatic rings. The van der Waals surface area contributed by atoms with E-state index in [1.807, 2.05) is 56.3 Å². The van der Waals surface area contributed by atoms with Crippen LogP contribution in [0.15, 0.2) is 71.2 Å². The number of carbonyl (C=O) groups is 2. The molecule has 4 rings (SSSR count). The van der Waals surface area contributed by atoms with Gasteiger partial charge in [0.15, 0.2) is 0 Å². The fourth-order valence-corrected chi connectivity index (χ4v) is 4.79. The van der Waals surface area contributed by atoms with Gasteiger partial charge in [0, 0.05) is 53.6 Å². The fraction of sp³-hybridized carbons (Fsp3) is 0.310. The molecule has 0 saturated carbocycles. The normalized spacial score (nSPS) is 14.2. The van der Waals surface area contributed by atoms with Crippen LogP contribution in [-0.2, 0) is 0 Å². The van der Waals surface area contributed by atoms with Crippen molar-refractivity contribution in [2.45, 2.75) is 26.3 Å². The zero-order chi connectivity index (χ0) is 26.4. The standard InChI is InChI=1S/C29H33BrN4O3/c1-4-20(2)31-29(36)24-19-23(32-28(35)21-8-7-9-22(30)18-21)12-13-25(24)33-14-16-34(17-15-33)26-10-5-6-11-27(26)37-3/h5-13,18-20H,4,14-17H2,1-3H3,(H,31,36)(H,32,35). The van der Waals surface area contributed by atoms with Crippen LogP contribution < -0.4 is 25.2 Å². The van der Waals surface area contributed by atoms with Gasteiger partial charge in [-0.2, -0.15) is 0 Å². The number of nitrogens with one attached hydrogen (secondary N) is 2. The molecule has 1 unspecified atom stereocenters. The lowest BCUT2D eigenvalue weighted by molar-refractivity contribution is 0.0938. The fourth-order valence-electron chi connectivity index (χ4n) is 4.39. The third-order valence-corrected chi connectivity index (χ3v) is 7.12. The molecule has 2 amide bonds. The Kier molecular flexibility index (Phi) is 8.71. The summed E-state index contributed by atoms with van der Waals surface area (Å²) in [5.74, 6) is 0.484. The summed E-state index contributed by atoms with van der Waals surface area (Å²) in [5.41, 5.74) is 3.61. The number of hydrogen-bond acceptors (Lipinski definition) is 5. The number of nitrogens with zero attached hydrogens (tertiary/aromatic N) is 2. The van der Waals surface area contributed by atoms with E-state index in [1.165, 1.54) is 0 Å². The summed E-state index contributed by atoms with van der Waals surface area (Å²) in [5, 5.41) is 6.02. The van der Waals surface area contributed by atoms with Gasteiger partial charge in [0.1, 0.15) is 5.75 Å². The summed E-state index contributed by atoms with van der Waals surface area (Å²) in [6.07, 6.45) is 0.831. The Labute approximate surface area is 226 Å². The number of halogens is 1. The maximum Gasteiger partial charge on any atom is 0.255 e. The molecule has 7 nitrogen and oxygen atoms in total. The Bertz CT molecular complexity index is 1260. The molecule has 3 aromatic rings. The first kappa shape index (κ1) is 26.5. The SMILES string of the molecule is CCC(C)NC(=O)c1cc(NC(=O)c2cccc(Br)c2)ccc1N1CCN(c2ccccc2OC)CC1. The van der Waals surface area contributed by atoms with Crippen LogP contribution in [0.5, 0.6) is 5.75 Å². The van der Waals surface area contributed by atoms with E-state index in [-0.39, 0.29) is 17.9 Å². The summed E-state index contributed by atoms with van der Waals surface area (Å²) in [6.45, 7) is 7.14. The maximum absolute atomic E-state index is 13.3. The number of benzene rings is 3. The van der Waals surface area contributed by atoms with Gasteiger partial charge in [0.05, 0.1) is 18.4 Å². The lowest BCUT2D eigenvalue weighted by Gasteiger charge is -2.38. The van der Waals surface area contributed by atoms with Crippen LogP contribution >= 0.6 is 15.9 Å². The van der Waals surface area contributed by atoms with E-state index in [0.29, 0.717) is 16.8 Å². The maximum atomic E-state index is 13.3. The number of carbonyl (C=O) groups excluding carboxylic acids is 2. The second-order valence-corrected chi connectivity index (χ2v) is 10.0. The number of anilines is 3. The molecule has 1 saturated heterocycles. The number of amides is 2. The first-order valence-electron chi connectivity index (χ1n) is 12.5. The van der Waals surface area contributed by atoms with Crippen molar-refractivity contribution < 1.29 is 14.3 Å². The number of ether oxygens (including phenoxy) is 1. The molecule has 0 aromatic heterocycles. The molecule has 194 valence electrons. The third kappa shape index (κ3) is 6.43. The minimum atomic E-state index is -0.229. The van der Waals surface area contributed by atoms with E-state index in [9.17, 15) is 9.59 Å². The minimum Gasteiger partial charge on any atom is -0.495 e. The van der Waals surface area contributed by atoms with E-state index < -0.39 is 0 Å². The lowest BCUT2D eigenvalue weighted by atomic mass is 10.1. The van der Waals surface area contributed by atoms with Gasteiger partial charge in [-0.3, -0.25) is 9.59 Å². The van der Waals surface area contributed by atoms with Crippen LogP contribution in [0.1, 0.15) is 41.0 Å². The molecule has 1 heterocycles. The van der Waals surface area contributed by atoms with Crippen LogP contribution in [0.25, 0.3) is 0 Å². The van der Waals surface area contributed by atoms with E-state index in [2.05, 4.69) is 42.4 Å². The molecule has 37 heavy (non-hydrogen) atoms. The summed E-state index contributed by atoms with van der Waals surface area (Å²) >= 11 is 3.41. The van der Waals surface area contributed by atoms with Crippen molar-refractivity contribution in [1.29, 1.82) is 0 Å². The average Bonchev–Trinajstić information content (AvgIpc) is 2.93. The summed E-state index contributed by atoms with van der Waals surface area (Å²) < 4.78 is 6.38. The van der Waals surface area contributed by atoms with Gasteiger partial charge in [0.25, 0.3) is 11.8 Å². The zero-order valence-corrected chi connectivity index (χ0v) is 23.0. The minimum absolute atomic E-state index is 0.0441. The predicted molar refractivity (Wildman–Crippen MR) is 153 cm³/mol. The van der Waals surface area contributed by atoms with Gasteiger partial charge in [-0.25, -0.2) is 0 Å².